The Morgan fingerprint density at radius 2 is 1.67 bits per heavy atom. The molecule has 0 spiro atoms. The lowest BCUT2D eigenvalue weighted by atomic mass is 9.76. The molecule has 0 aromatic rings. The van der Waals surface area contributed by atoms with E-state index in [0.717, 1.165) is 8.58 Å². The molecule has 0 aliphatic carbocycles. The Balaban J connectivity index is 2.97. The smallest absolute Gasteiger partial charge is 0.109 e. The van der Waals surface area contributed by atoms with Gasteiger partial charge in [0.05, 0.1) is 0 Å². The Hall–Kier alpha value is -0.130. The average Bonchev–Trinajstić information content (AvgIpc) is 2.04. The molecule has 1 heterocycles. The predicted octanol–water partition coefficient (Wildman–Crippen LogP) is 3.14. The maximum atomic E-state index is 5.57. The summed E-state index contributed by atoms with van der Waals surface area (Å²) in [5.74, 6) is 4.38. The van der Waals surface area contributed by atoms with Crippen molar-refractivity contribution in [2.75, 3.05) is 7.11 Å². The number of rotatable bonds is 1. The second-order valence-electron chi connectivity index (χ2n) is 4.08. The van der Waals surface area contributed by atoms with E-state index in [0.29, 0.717) is 0 Å². The van der Waals surface area contributed by atoms with Crippen LogP contribution in [0.25, 0.3) is 0 Å². The van der Waals surface area contributed by atoms with Crippen LogP contribution in [0, 0.1) is 5.41 Å². The molecular weight excluding hydrogens is 167 g/mol. The van der Waals surface area contributed by atoms with Gasteiger partial charge < -0.3 is 4.74 Å². The molecule has 0 bridgehead atoms. The Kier molecular flexibility index (Phi) is 2.75. The fourth-order valence-corrected chi connectivity index (χ4v) is 2.20. The van der Waals surface area contributed by atoms with E-state index < -0.39 is 0 Å². The summed E-state index contributed by atoms with van der Waals surface area (Å²) in [7, 11) is 2.58. The second-order valence-corrected chi connectivity index (χ2v) is 5.08. The lowest BCUT2D eigenvalue weighted by Gasteiger charge is -2.40. The molecule has 0 amide bonds. The van der Waals surface area contributed by atoms with Crippen LogP contribution in [0.3, 0.4) is 0 Å². The molecule has 0 unspecified atom stereocenters. The third-order valence-corrected chi connectivity index (χ3v) is 3.08. The summed E-state index contributed by atoms with van der Waals surface area (Å²) < 4.78 is 5.57. The first-order valence-electron chi connectivity index (χ1n) is 4.18. The van der Waals surface area contributed by atoms with Gasteiger partial charge in [0.15, 0.2) is 0 Å². The van der Waals surface area contributed by atoms with Crippen LogP contribution in [0.2, 0.25) is 0 Å². The van der Waals surface area contributed by atoms with Gasteiger partial charge in [0, 0.05) is 7.11 Å². The predicted molar refractivity (Wildman–Crippen MR) is 55.8 cm³/mol. The summed E-state index contributed by atoms with van der Waals surface area (Å²) in [4.78, 5) is 0. The lowest BCUT2D eigenvalue weighted by molar-refractivity contribution is -0.0131. The van der Waals surface area contributed by atoms with E-state index in [-0.39, 0.29) is 11.0 Å². The minimum atomic E-state index is -0.196. The van der Waals surface area contributed by atoms with E-state index in [4.69, 9.17) is 4.74 Å². The van der Waals surface area contributed by atoms with E-state index in [9.17, 15) is 0 Å². The molecule has 0 aromatic carbocycles. The fourth-order valence-electron chi connectivity index (χ4n) is 1.40. The Morgan fingerprint density at radius 3 is 1.92 bits per heavy atom. The average molecular weight is 184 g/mol. The van der Waals surface area contributed by atoms with Gasteiger partial charge in [-0.25, -0.2) is 0 Å². The molecule has 0 aromatic heterocycles. The van der Waals surface area contributed by atoms with Crippen LogP contribution in [0.4, 0.5) is 0 Å². The van der Waals surface area contributed by atoms with E-state index in [1.165, 1.54) is 0 Å². The monoisotopic (exact) mass is 184 g/mol. The van der Waals surface area contributed by atoms with E-state index in [1.54, 1.807) is 7.11 Å². The van der Waals surface area contributed by atoms with Crippen molar-refractivity contribution in [1.29, 1.82) is 0 Å². The van der Waals surface area contributed by atoms with Gasteiger partial charge in [0.25, 0.3) is 0 Å². The topological polar surface area (TPSA) is 9.23 Å². The van der Waals surface area contributed by atoms with Crippen LogP contribution in [0.5, 0.6) is 0 Å². The van der Waals surface area contributed by atoms with Crippen molar-refractivity contribution in [3.8, 4) is 0 Å². The van der Waals surface area contributed by atoms with Crippen LogP contribution in [0.1, 0.15) is 20.8 Å². The van der Waals surface area contributed by atoms with Gasteiger partial charge in [0.2, 0.25) is 0 Å². The third-order valence-electron chi connectivity index (χ3n) is 2.36. The first-order chi connectivity index (χ1) is 5.52. The summed E-state index contributed by atoms with van der Waals surface area (Å²) in [5, 5.41) is 0. The summed E-state index contributed by atoms with van der Waals surface area (Å²) >= 11 is 0. The molecule has 12 heavy (non-hydrogen) atoms. The Morgan fingerprint density at radius 1 is 1.17 bits per heavy atom. The summed E-state index contributed by atoms with van der Waals surface area (Å²) in [6, 6.07) is 0. The van der Waals surface area contributed by atoms with Crippen molar-refractivity contribution in [2.24, 2.45) is 5.41 Å². The SMILES string of the molecule is COC1(C(C)(C)C)C=CPC=C1. The molecule has 68 valence electrons. The zero-order valence-electron chi connectivity index (χ0n) is 8.22. The van der Waals surface area contributed by atoms with E-state index in [1.807, 2.05) is 0 Å². The lowest BCUT2D eigenvalue weighted by Crippen LogP contribution is -2.41. The largest absolute Gasteiger partial charge is 0.369 e. The number of ether oxygens (including phenoxy) is 1. The Labute approximate surface area is 76.7 Å². The first-order valence-corrected chi connectivity index (χ1v) is 5.34. The van der Waals surface area contributed by atoms with Crippen molar-refractivity contribution in [3.63, 3.8) is 0 Å². The molecule has 0 fully saturated rings. The molecule has 1 rings (SSSR count). The van der Waals surface area contributed by atoms with Crippen LogP contribution in [-0.2, 0) is 4.74 Å². The van der Waals surface area contributed by atoms with Gasteiger partial charge >= 0.3 is 0 Å². The Bertz CT molecular complexity index is 198. The summed E-state index contributed by atoms with van der Waals surface area (Å²) in [5.41, 5.74) is -0.0715. The minimum Gasteiger partial charge on any atom is -0.369 e. The van der Waals surface area contributed by atoms with Gasteiger partial charge in [-0.3, -0.25) is 0 Å². The van der Waals surface area contributed by atoms with Crippen LogP contribution in [-0.4, -0.2) is 12.7 Å². The molecule has 0 saturated carbocycles. The quantitative estimate of drug-likeness (QED) is 0.569. The molecule has 1 aliphatic heterocycles. The molecular formula is C10H17OP. The maximum absolute atomic E-state index is 5.57. The third kappa shape index (κ3) is 1.62. The highest BCUT2D eigenvalue weighted by molar-refractivity contribution is 7.45. The minimum absolute atomic E-state index is 0.125. The molecule has 0 atom stereocenters. The van der Waals surface area contributed by atoms with Crippen molar-refractivity contribution in [2.45, 2.75) is 26.4 Å². The standard InChI is InChI=1S/C10H17OP/c1-9(2,3)10(11-4)5-7-12-8-6-10/h5-8,12H,1-4H3. The normalized spacial score (nSPS) is 31.3. The number of hydrogen-bond acceptors (Lipinski definition) is 1. The van der Waals surface area contributed by atoms with Crippen LogP contribution < -0.4 is 0 Å². The molecule has 2 heteroatoms. The second kappa shape index (κ2) is 3.32. The zero-order valence-corrected chi connectivity index (χ0v) is 9.22. The van der Waals surface area contributed by atoms with Crippen LogP contribution in [0.15, 0.2) is 23.8 Å². The van der Waals surface area contributed by atoms with Gasteiger partial charge in [-0.2, -0.15) is 0 Å². The van der Waals surface area contributed by atoms with Gasteiger partial charge in [-0.05, 0) is 17.6 Å². The van der Waals surface area contributed by atoms with Crippen LogP contribution >= 0.6 is 8.58 Å². The zero-order chi connectivity index (χ0) is 9.24. The van der Waals surface area contributed by atoms with E-state index in [2.05, 4.69) is 44.6 Å². The highest BCUT2D eigenvalue weighted by atomic mass is 31.1. The van der Waals surface area contributed by atoms with E-state index >= 15 is 0 Å². The number of hydrogen-bond donors (Lipinski definition) is 0. The fraction of sp³-hybridized carbons (Fsp3) is 0.600. The number of methoxy groups -OCH3 is 1. The highest BCUT2D eigenvalue weighted by Crippen LogP contribution is 2.40. The molecule has 1 aliphatic rings. The molecule has 1 nitrogen and oxygen atoms in total. The summed E-state index contributed by atoms with van der Waals surface area (Å²) in [6.07, 6.45) is 4.34. The first kappa shape index (κ1) is 9.95. The molecule has 0 radical (unpaired) electrons. The van der Waals surface area contributed by atoms with Gasteiger partial charge in [-0.1, -0.05) is 41.0 Å². The molecule has 0 N–H and O–H groups in total. The van der Waals surface area contributed by atoms with Crippen molar-refractivity contribution < 1.29 is 4.74 Å². The van der Waals surface area contributed by atoms with Gasteiger partial charge in [0.1, 0.15) is 5.60 Å². The van der Waals surface area contributed by atoms with Crippen molar-refractivity contribution in [1.82, 2.24) is 0 Å². The molecule has 0 saturated heterocycles. The maximum Gasteiger partial charge on any atom is 0.109 e. The summed E-state index contributed by atoms with van der Waals surface area (Å²) in [6.45, 7) is 6.58. The van der Waals surface area contributed by atoms with Crippen molar-refractivity contribution >= 4 is 8.58 Å². The van der Waals surface area contributed by atoms with Crippen molar-refractivity contribution in [3.05, 3.63) is 23.8 Å². The highest BCUT2D eigenvalue weighted by Gasteiger charge is 2.38. The van der Waals surface area contributed by atoms with Gasteiger partial charge in [-0.15, -0.1) is 0 Å².